The van der Waals surface area contributed by atoms with Crippen LogP contribution in [-0.2, 0) is 13.0 Å². The first-order valence-electron chi connectivity index (χ1n) is 9.62. The first-order chi connectivity index (χ1) is 14.1. The van der Waals surface area contributed by atoms with Crippen LogP contribution in [0, 0.1) is 17.1 Å². The van der Waals surface area contributed by atoms with Gasteiger partial charge in [-0.3, -0.25) is 4.99 Å². The molecule has 0 unspecified atom stereocenters. The molecule has 2 aromatic rings. The van der Waals surface area contributed by atoms with Crippen LogP contribution in [0.4, 0.5) is 4.39 Å². The van der Waals surface area contributed by atoms with E-state index in [2.05, 4.69) is 15.6 Å². The van der Waals surface area contributed by atoms with Gasteiger partial charge in [-0.15, -0.1) is 24.0 Å². The summed E-state index contributed by atoms with van der Waals surface area (Å²) in [5, 5.41) is 15.1. The van der Waals surface area contributed by atoms with Gasteiger partial charge in [-0.05, 0) is 50.1 Å². The fraction of sp³-hybridized carbons (Fsp3) is 0.364. The van der Waals surface area contributed by atoms with Gasteiger partial charge >= 0.3 is 0 Å². The van der Waals surface area contributed by atoms with E-state index >= 15 is 0 Å². The van der Waals surface area contributed by atoms with Crippen LogP contribution in [0.3, 0.4) is 0 Å². The van der Waals surface area contributed by atoms with Gasteiger partial charge in [-0.25, -0.2) is 4.39 Å². The Kier molecular flexibility index (Phi) is 11.6. The maximum absolute atomic E-state index is 14.0. The molecule has 0 aliphatic heterocycles. The lowest BCUT2D eigenvalue weighted by atomic mass is 10.1. The summed E-state index contributed by atoms with van der Waals surface area (Å²) in [7, 11) is 1.66. The molecular weight excluding hydrogens is 498 g/mol. The predicted octanol–water partition coefficient (Wildman–Crippen LogP) is 4.02. The summed E-state index contributed by atoms with van der Waals surface area (Å²) < 4.78 is 25.2. The first kappa shape index (κ1) is 25.5. The van der Waals surface area contributed by atoms with E-state index in [0.29, 0.717) is 36.8 Å². The molecule has 0 bridgehead atoms. The largest absolute Gasteiger partial charge is 0.490 e. The van der Waals surface area contributed by atoms with Crippen molar-refractivity contribution in [1.82, 2.24) is 10.6 Å². The number of halogens is 2. The number of nitriles is 1. The zero-order valence-electron chi connectivity index (χ0n) is 17.5. The number of hydrogen-bond acceptors (Lipinski definition) is 4. The van der Waals surface area contributed by atoms with Gasteiger partial charge in [0.05, 0.1) is 24.8 Å². The fourth-order valence-corrected chi connectivity index (χ4v) is 2.74. The van der Waals surface area contributed by atoms with Crippen LogP contribution in [0.5, 0.6) is 11.5 Å². The molecule has 0 saturated heterocycles. The van der Waals surface area contributed by atoms with Crippen molar-refractivity contribution in [3.05, 3.63) is 58.9 Å². The quantitative estimate of drug-likeness (QED) is 0.293. The van der Waals surface area contributed by atoms with Crippen molar-refractivity contribution >= 4 is 29.9 Å². The van der Waals surface area contributed by atoms with Gasteiger partial charge in [-0.2, -0.15) is 5.26 Å². The van der Waals surface area contributed by atoms with Crippen molar-refractivity contribution in [1.29, 1.82) is 5.26 Å². The number of hydrogen-bond donors (Lipinski definition) is 2. The second-order valence-electron chi connectivity index (χ2n) is 6.17. The topological polar surface area (TPSA) is 78.7 Å². The van der Waals surface area contributed by atoms with Crippen LogP contribution >= 0.6 is 24.0 Å². The SMILES string of the molecule is CCOc1ccc(CCNC(=NC)NCc2ccc(C#N)cc2F)cc1OCC.I. The highest BCUT2D eigenvalue weighted by Crippen LogP contribution is 2.28. The molecule has 0 spiro atoms. The van der Waals surface area contributed by atoms with E-state index in [-0.39, 0.29) is 30.5 Å². The maximum Gasteiger partial charge on any atom is 0.191 e. The third-order valence-electron chi connectivity index (χ3n) is 4.17. The lowest BCUT2D eigenvalue weighted by Crippen LogP contribution is -2.38. The molecule has 0 aliphatic rings. The Balaban J connectivity index is 0.00000450. The van der Waals surface area contributed by atoms with Crippen LogP contribution in [0.15, 0.2) is 41.4 Å². The monoisotopic (exact) mass is 526 g/mol. The van der Waals surface area contributed by atoms with E-state index in [4.69, 9.17) is 14.7 Å². The summed E-state index contributed by atoms with van der Waals surface area (Å²) in [6, 6.07) is 12.3. The summed E-state index contributed by atoms with van der Waals surface area (Å²) in [5.41, 5.74) is 1.88. The predicted molar refractivity (Wildman–Crippen MR) is 127 cm³/mol. The summed E-state index contributed by atoms with van der Waals surface area (Å²) in [6.45, 7) is 5.96. The zero-order chi connectivity index (χ0) is 21.1. The maximum atomic E-state index is 14.0. The number of nitrogens with one attached hydrogen (secondary N) is 2. The van der Waals surface area contributed by atoms with Gasteiger partial charge in [0.2, 0.25) is 0 Å². The second-order valence-corrected chi connectivity index (χ2v) is 6.17. The number of rotatable bonds is 9. The minimum Gasteiger partial charge on any atom is -0.490 e. The number of benzene rings is 2. The Hall–Kier alpha value is -2.54. The molecule has 0 fully saturated rings. The molecule has 0 aromatic heterocycles. The zero-order valence-corrected chi connectivity index (χ0v) is 19.8. The van der Waals surface area contributed by atoms with E-state index in [0.717, 1.165) is 23.5 Å². The van der Waals surface area contributed by atoms with E-state index in [1.165, 1.54) is 6.07 Å². The normalized spacial score (nSPS) is 10.6. The highest BCUT2D eigenvalue weighted by molar-refractivity contribution is 14.0. The molecule has 2 N–H and O–H groups in total. The molecule has 2 aromatic carbocycles. The molecule has 30 heavy (non-hydrogen) atoms. The molecule has 0 aliphatic carbocycles. The average Bonchev–Trinajstić information content (AvgIpc) is 2.73. The van der Waals surface area contributed by atoms with Crippen molar-refractivity contribution in [2.45, 2.75) is 26.8 Å². The molecule has 8 heteroatoms. The van der Waals surface area contributed by atoms with Gasteiger partial charge in [0.25, 0.3) is 0 Å². The Bertz CT molecular complexity index is 884. The van der Waals surface area contributed by atoms with Crippen molar-refractivity contribution in [2.75, 3.05) is 26.8 Å². The van der Waals surface area contributed by atoms with Crippen LogP contribution < -0.4 is 20.1 Å². The highest BCUT2D eigenvalue weighted by Gasteiger charge is 2.07. The Morgan fingerprint density at radius 1 is 1.07 bits per heavy atom. The smallest absolute Gasteiger partial charge is 0.191 e. The molecular formula is C22H28FIN4O2. The van der Waals surface area contributed by atoms with Gasteiger partial charge < -0.3 is 20.1 Å². The average molecular weight is 526 g/mol. The molecule has 0 saturated carbocycles. The Labute approximate surface area is 194 Å². The fourth-order valence-electron chi connectivity index (χ4n) is 2.74. The summed E-state index contributed by atoms with van der Waals surface area (Å²) in [5.74, 6) is 1.65. The van der Waals surface area contributed by atoms with Crippen LogP contribution in [0.2, 0.25) is 0 Å². The number of nitrogens with zero attached hydrogens (tertiary/aromatic N) is 2. The van der Waals surface area contributed by atoms with Gasteiger partial charge in [-0.1, -0.05) is 12.1 Å². The summed E-state index contributed by atoms with van der Waals surface area (Å²) in [4.78, 5) is 4.16. The molecule has 162 valence electrons. The number of ether oxygens (including phenoxy) is 2. The summed E-state index contributed by atoms with van der Waals surface area (Å²) >= 11 is 0. The van der Waals surface area contributed by atoms with Gasteiger partial charge in [0.1, 0.15) is 5.82 Å². The van der Waals surface area contributed by atoms with Crippen molar-refractivity contribution in [2.24, 2.45) is 4.99 Å². The second kappa shape index (κ2) is 13.6. The molecule has 6 nitrogen and oxygen atoms in total. The van der Waals surface area contributed by atoms with Crippen LogP contribution in [-0.4, -0.2) is 32.8 Å². The lowest BCUT2D eigenvalue weighted by Gasteiger charge is -2.14. The van der Waals surface area contributed by atoms with Crippen LogP contribution in [0.1, 0.15) is 30.5 Å². The van der Waals surface area contributed by atoms with E-state index < -0.39 is 5.82 Å². The van der Waals surface area contributed by atoms with E-state index in [9.17, 15) is 4.39 Å². The third-order valence-corrected chi connectivity index (χ3v) is 4.17. The molecule has 0 atom stereocenters. The van der Waals surface area contributed by atoms with Gasteiger partial charge in [0.15, 0.2) is 17.5 Å². The molecule has 2 rings (SSSR count). The highest BCUT2D eigenvalue weighted by atomic mass is 127. The first-order valence-corrected chi connectivity index (χ1v) is 9.62. The lowest BCUT2D eigenvalue weighted by molar-refractivity contribution is 0.287. The standard InChI is InChI=1S/C22H27FN4O2.HI/c1-4-28-20-9-7-16(13-21(20)29-5-2)10-11-26-22(25-3)27-15-18-8-6-17(14-24)12-19(18)23;/h6-9,12-13H,4-5,10-11,15H2,1-3H3,(H2,25,26,27);1H. The van der Waals surface area contributed by atoms with Crippen molar-refractivity contribution < 1.29 is 13.9 Å². The Morgan fingerprint density at radius 2 is 1.80 bits per heavy atom. The van der Waals surface area contributed by atoms with Crippen molar-refractivity contribution in [3.63, 3.8) is 0 Å². The van der Waals surface area contributed by atoms with E-state index in [1.807, 2.05) is 38.1 Å². The Morgan fingerprint density at radius 3 is 2.43 bits per heavy atom. The van der Waals surface area contributed by atoms with Gasteiger partial charge in [0, 0.05) is 25.7 Å². The van der Waals surface area contributed by atoms with E-state index in [1.54, 1.807) is 19.2 Å². The number of aliphatic imine (C=N–C) groups is 1. The molecule has 0 amide bonds. The molecule has 0 radical (unpaired) electrons. The summed E-state index contributed by atoms with van der Waals surface area (Å²) in [6.07, 6.45) is 0.762. The molecule has 0 heterocycles. The minimum atomic E-state index is -0.412. The number of guanidine groups is 1. The third kappa shape index (κ3) is 7.71. The van der Waals surface area contributed by atoms with Crippen molar-refractivity contribution in [3.8, 4) is 17.6 Å². The van der Waals surface area contributed by atoms with Crippen LogP contribution in [0.25, 0.3) is 0 Å². The minimum absolute atomic E-state index is 0.